The Morgan fingerprint density at radius 1 is 1.24 bits per heavy atom. The van der Waals surface area contributed by atoms with Crippen molar-refractivity contribution in [3.63, 3.8) is 0 Å². The molecule has 3 aromatic heterocycles. The zero-order valence-electron chi connectivity index (χ0n) is 15.2. The van der Waals surface area contributed by atoms with Crippen LogP contribution in [0.3, 0.4) is 0 Å². The smallest absolute Gasteiger partial charge is 0.335 e. The molecule has 3 aromatic rings. The number of carbonyl (C=O) groups is 1. The lowest BCUT2D eigenvalue weighted by Gasteiger charge is -2.09. The van der Waals surface area contributed by atoms with Gasteiger partial charge in [0.1, 0.15) is 5.15 Å². The Morgan fingerprint density at radius 3 is 2.69 bits per heavy atom. The van der Waals surface area contributed by atoms with E-state index in [4.69, 9.17) is 27.9 Å². The van der Waals surface area contributed by atoms with Crippen molar-refractivity contribution in [1.29, 1.82) is 0 Å². The van der Waals surface area contributed by atoms with Crippen molar-refractivity contribution in [2.75, 3.05) is 12.4 Å². The summed E-state index contributed by atoms with van der Waals surface area (Å²) in [5.41, 5.74) is 0.868. The van der Waals surface area contributed by atoms with E-state index < -0.39 is 21.1 Å². The molecule has 0 aliphatic rings. The van der Waals surface area contributed by atoms with Crippen molar-refractivity contribution >= 4 is 50.9 Å². The number of hydrogen-bond acceptors (Lipinski definition) is 8. The number of rotatable bonds is 6. The molecule has 0 spiro atoms. The van der Waals surface area contributed by atoms with Crippen LogP contribution in [-0.4, -0.2) is 46.1 Å². The highest BCUT2D eigenvalue weighted by Gasteiger charge is 2.28. The third kappa shape index (κ3) is 4.66. The van der Waals surface area contributed by atoms with Crippen LogP contribution < -0.4 is 14.8 Å². The summed E-state index contributed by atoms with van der Waals surface area (Å²) in [5, 5.41) is 5.60. The standard InChI is InChI=1S/C15H15Cl2N7O4S/c1-3-4-8-5-6-10-19-12(17)13(24(10)22-8)29(26,27)23-15(25)21-14-18-9(16)7-11(20-14)28-2/h5-7H,3-4H2,1-2H3,(H2,18,20,21,23,25). The zero-order chi connectivity index (χ0) is 21.2. The van der Waals surface area contributed by atoms with Gasteiger partial charge in [-0.15, -0.1) is 0 Å². The first-order valence-corrected chi connectivity index (χ1v) is 10.4. The number of fused-ring (bicyclic) bond motifs is 1. The fourth-order valence-corrected chi connectivity index (χ4v) is 4.06. The number of sulfonamides is 1. The predicted molar refractivity (Wildman–Crippen MR) is 105 cm³/mol. The average Bonchev–Trinajstić information content (AvgIpc) is 2.96. The molecule has 0 saturated heterocycles. The average molecular weight is 460 g/mol. The minimum atomic E-state index is -4.43. The molecule has 0 aromatic carbocycles. The van der Waals surface area contributed by atoms with Gasteiger partial charge in [0.25, 0.3) is 10.0 Å². The molecule has 2 amide bonds. The number of halogens is 2. The molecular formula is C15H15Cl2N7O4S. The van der Waals surface area contributed by atoms with Gasteiger partial charge in [0.15, 0.2) is 10.8 Å². The third-order valence-corrected chi connectivity index (χ3v) is 5.44. The molecule has 0 atom stereocenters. The van der Waals surface area contributed by atoms with Crippen LogP contribution in [0.4, 0.5) is 10.7 Å². The van der Waals surface area contributed by atoms with Gasteiger partial charge in [-0.25, -0.2) is 19.5 Å². The van der Waals surface area contributed by atoms with Crippen molar-refractivity contribution in [3.05, 3.63) is 34.2 Å². The normalized spacial score (nSPS) is 11.4. The minimum absolute atomic E-state index is 0.00695. The number of aryl methyl sites for hydroxylation is 1. The number of ether oxygens (including phenoxy) is 1. The Balaban J connectivity index is 1.89. The van der Waals surface area contributed by atoms with Gasteiger partial charge in [0, 0.05) is 6.07 Å². The molecule has 14 heteroatoms. The van der Waals surface area contributed by atoms with E-state index in [2.05, 4.69) is 25.4 Å². The minimum Gasteiger partial charge on any atom is -0.481 e. The largest absolute Gasteiger partial charge is 0.481 e. The van der Waals surface area contributed by atoms with E-state index in [9.17, 15) is 13.2 Å². The van der Waals surface area contributed by atoms with E-state index in [0.717, 1.165) is 10.9 Å². The first kappa shape index (κ1) is 21.0. The van der Waals surface area contributed by atoms with Crippen molar-refractivity contribution in [1.82, 2.24) is 29.3 Å². The quantitative estimate of drug-likeness (QED) is 0.534. The van der Waals surface area contributed by atoms with Gasteiger partial charge in [0.05, 0.1) is 12.8 Å². The Bertz CT molecular complexity index is 1180. The van der Waals surface area contributed by atoms with Gasteiger partial charge in [-0.05, 0) is 18.6 Å². The molecule has 0 radical (unpaired) electrons. The summed E-state index contributed by atoms with van der Waals surface area (Å²) in [6, 6.07) is 3.50. The van der Waals surface area contributed by atoms with Gasteiger partial charge in [0.2, 0.25) is 16.9 Å². The number of hydrogen-bond donors (Lipinski definition) is 2. The number of methoxy groups -OCH3 is 1. The second-order valence-corrected chi connectivity index (χ2v) is 8.01. The van der Waals surface area contributed by atoms with E-state index in [0.29, 0.717) is 12.1 Å². The van der Waals surface area contributed by atoms with E-state index in [1.54, 1.807) is 12.1 Å². The number of amides is 2. The molecule has 2 N–H and O–H groups in total. The molecule has 0 bridgehead atoms. The van der Waals surface area contributed by atoms with Gasteiger partial charge in [-0.1, -0.05) is 36.5 Å². The van der Waals surface area contributed by atoms with Crippen LogP contribution in [0.2, 0.25) is 10.3 Å². The molecule has 154 valence electrons. The summed E-state index contributed by atoms with van der Waals surface area (Å²) in [7, 11) is -3.08. The number of anilines is 1. The Morgan fingerprint density at radius 2 is 2.00 bits per heavy atom. The lowest BCUT2D eigenvalue weighted by Crippen LogP contribution is -2.35. The van der Waals surface area contributed by atoms with Gasteiger partial charge in [-0.3, -0.25) is 5.32 Å². The highest BCUT2D eigenvalue weighted by atomic mass is 35.5. The second kappa shape index (κ2) is 8.35. The number of carbonyl (C=O) groups excluding carboxylic acids is 1. The zero-order valence-corrected chi connectivity index (χ0v) is 17.5. The number of urea groups is 1. The predicted octanol–water partition coefficient (Wildman–Crippen LogP) is 2.30. The lowest BCUT2D eigenvalue weighted by atomic mass is 10.2. The van der Waals surface area contributed by atoms with E-state index in [-0.39, 0.29) is 27.8 Å². The van der Waals surface area contributed by atoms with Gasteiger partial charge in [-0.2, -0.15) is 23.0 Å². The number of aromatic nitrogens is 5. The fourth-order valence-electron chi connectivity index (χ4n) is 2.39. The molecule has 29 heavy (non-hydrogen) atoms. The molecule has 3 rings (SSSR count). The monoisotopic (exact) mass is 459 g/mol. The van der Waals surface area contributed by atoms with Gasteiger partial charge < -0.3 is 4.74 Å². The molecule has 11 nitrogen and oxygen atoms in total. The highest BCUT2D eigenvalue weighted by Crippen LogP contribution is 2.22. The van der Waals surface area contributed by atoms with Crippen LogP contribution in [0.5, 0.6) is 5.88 Å². The second-order valence-electron chi connectivity index (χ2n) is 5.67. The van der Waals surface area contributed by atoms with Gasteiger partial charge >= 0.3 is 6.03 Å². The van der Waals surface area contributed by atoms with Crippen molar-refractivity contribution in [3.8, 4) is 5.88 Å². The van der Waals surface area contributed by atoms with Crippen LogP contribution in [0.25, 0.3) is 5.65 Å². The van der Waals surface area contributed by atoms with E-state index in [1.165, 1.54) is 13.2 Å². The topological polar surface area (TPSA) is 140 Å². The van der Waals surface area contributed by atoms with E-state index >= 15 is 0 Å². The first-order valence-electron chi connectivity index (χ1n) is 8.20. The van der Waals surface area contributed by atoms with Crippen molar-refractivity contribution in [2.24, 2.45) is 0 Å². The molecule has 0 aliphatic heterocycles. The molecule has 0 fully saturated rings. The van der Waals surface area contributed by atoms with Crippen LogP contribution >= 0.6 is 23.2 Å². The summed E-state index contributed by atoms with van der Waals surface area (Å²) < 4.78 is 33.3. The summed E-state index contributed by atoms with van der Waals surface area (Å²) in [6.07, 6.45) is 1.44. The number of imidazole rings is 1. The van der Waals surface area contributed by atoms with Crippen LogP contribution in [0, 0.1) is 0 Å². The Hall–Kier alpha value is -2.70. The SMILES string of the molecule is CCCc1ccc2nc(Cl)c(S(=O)(=O)NC(=O)Nc3nc(Cl)cc(OC)n3)n2n1. The molecular weight excluding hydrogens is 445 g/mol. The summed E-state index contributed by atoms with van der Waals surface area (Å²) >= 11 is 11.8. The first-order chi connectivity index (χ1) is 13.7. The van der Waals surface area contributed by atoms with Crippen molar-refractivity contribution < 1.29 is 17.9 Å². The summed E-state index contributed by atoms with van der Waals surface area (Å²) in [6.45, 7) is 1.96. The molecule has 0 unspecified atom stereocenters. The number of nitrogens with one attached hydrogen (secondary N) is 2. The maximum absolute atomic E-state index is 12.7. The van der Waals surface area contributed by atoms with Crippen molar-refractivity contribution in [2.45, 2.75) is 24.8 Å². The fraction of sp³-hybridized carbons (Fsp3) is 0.267. The maximum Gasteiger partial charge on any atom is 0.335 e. The third-order valence-electron chi connectivity index (χ3n) is 3.55. The Kier molecular flexibility index (Phi) is 6.05. The molecule has 0 aliphatic carbocycles. The molecule has 3 heterocycles. The Labute approximate surface area is 175 Å². The maximum atomic E-state index is 12.7. The van der Waals surface area contributed by atoms with Crippen LogP contribution in [0.1, 0.15) is 19.0 Å². The van der Waals surface area contributed by atoms with Crippen LogP contribution in [0.15, 0.2) is 23.2 Å². The molecule has 0 saturated carbocycles. The lowest BCUT2D eigenvalue weighted by molar-refractivity contribution is 0.256. The van der Waals surface area contributed by atoms with Crippen LogP contribution in [-0.2, 0) is 16.4 Å². The number of nitrogens with zero attached hydrogens (tertiary/aromatic N) is 5. The summed E-state index contributed by atoms with van der Waals surface area (Å²) in [5.74, 6) is -0.171. The summed E-state index contributed by atoms with van der Waals surface area (Å²) in [4.78, 5) is 23.8. The highest BCUT2D eigenvalue weighted by molar-refractivity contribution is 7.90. The van der Waals surface area contributed by atoms with E-state index in [1.807, 2.05) is 11.6 Å².